The molecule has 0 radical (unpaired) electrons. The van der Waals surface area contributed by atoms with E-state index >= 15 is 0 Å². The molecule has 298 valence electrons. The lowest BCUT2D eigenvalue weighted by atomic mass is 9.83. The monoisotopic (exact) mass is 774 g/mol. The topological polar surface area (TPSA) is 62.1 Å². The fourth-order valence-corrected chi connectivity index (χ4v) is 8.92. The van der Waals surface area contributed by atoms with Gasteiger partial charge in [0.1, 0.15) is 0 Å². The number of benzene rings is 4. The Bertz CT molecular complexity index is 2220. The van der Waals surface area contributed by atoms with Crippen LogP contribution in [0.5, 0.6) is 0 Å². The van der Waals surface area contributed by atoms with Crippen LogP contribution in [0.2, 0.25) is 0 Å². The third-order valence-electron chi connectivity index (χ3n) is 12.0. The maximum absolute atomic E-state index is 12.4. The number of aryl methyl sites for hydroxylation is 2. The first-order valence-corrected chi connectivity index (χ1v) is 20.4. The summed E-state index contributed by atoms with van der Waals surface area (Å²) in [6.07, 6.45) is 11.5. The molecule has 1 fully saturated rings. The minimum absolute atomic E-state index is 0.222. The molecular weight excluding hydrogens is 719 g/mol. The van der Waals surface area contributed by atoms with Crippen molar-refractivity contribution in [3.63, 3.8) is 0 Å². The van der Waals surface area contributed by atoms with E-state index in [1.165, 1.54) is 47.6 Å². The third-order valence-corrected chi connectivity index (χ3v) is 12.0. The Morgan fingerprint density at radius 2 is 1.00 bits per heavy atom. The van der Waals surface area contributed by atoms with Crippen LogP contribution < -0.4 is 14.4 Å². The van der Waals surface area contributed by atoms with Gasteiger partial charge in [0.05, 0.1) is 27.1 Å². The predicted molar refractivity (Wildman–Crippen MR) is 237 cm³/mol. The molecule has 0 unspecified atom stereocenters. The van der Waals surface area contributed by atoms with Gasteiger partial charge in [0.25, 0.3) is 0 Å². The Labute approximate surface area is 344 Å². The number of nitrogens with zero attached hydrogens (tertiary/aromatic N) is 3. The van der Waals surface area contributed by atoms with E-state index in [0.717, 1.165) is 52.7 Å². The standard InChI is InChI=1S/C51H56N3O4/c1-35-19-25-43-41(33-35)50(3,4)45(52(43)31-29-47(55)57-7)27-23-37-21-22-38(49(37)54(39-15-11-9-12-16-39)40-17-13-10-14-18-40)24-28-46-51(5,6)42-34-36(2)20-26-44(42)53(46)32-30-48(56)58-8/h9-20,23-28,33-34H,21-22,29-32H2,1-8H3/q+1. The van der Waals surface area contributed by atoms with Gasteiger partial charge in [-0.25, -0.2) is 0 Å². The molecule has 0 amide bonds. The molecule has 1 saturated carbocycles. The molecule has 4 aromatic carbocycles. The average Bonchev–Trinajstić information content (AvgIpc) is 3.78. The third kappa shape index (κ3) is 7.70. The minimum atomic E-state index is -0.288. The quantitative estimate of drug-likeness (QED) is 0.118. The summed E-state index contributed by atoms with van der Waals surface area (Å²) in [6.45, 7) is 14.4. The second-order valence-corrected chi connectivity index (χ2v) is 16.6. The van der Waals surface area contributed by atoms with Gasteiger partial charge in [0.2, 0.25) is 17.1 Å². The molecule has 0 aromatic heterocycles. The van der Waals surface area contributed by atoms with Crippen LogP contribution in [0.15, 0.2) is 144 Å². The first kappa shape index (κ1) is 40.3. The van der Waals surface area contributed by atoms with Gasteiger partial charge < -0.3 is 19.3 Å². The van der Waals surface area contributed by atoms with E-state index in [1.807, 2.05) is 0 Å². The van der Waals surface area contributed by atoms with Crippen LogP contribution >= 0.6 is 0 Å². The molecule has 7 heteroatoms. The summed E-state index contributed by atoms with van der Waals surface area (Å²) in [5.41, 5.74) is 14.7. The van der Waals surface area contributed by atoms with Crippen LogP contribution in [0, 0.1) is 13.8 Å². The maximum atomic E-state index is 12.4. The van der Waals surface area contributed by atoms with Crippen LogP contribution in [0.3, 0.4) is 0 Å². The van der Waals surface area contributed by atoms with Crippen LogP contribution in [0.25, 0.3) is 0 Å². The van der Waals surface area contributed by atoms with E-state index < -0.39 is 0 Å². The Balaban J connectivity index is 1.41. The van der Waals surface area contributed by atoms with Crippen LogP contribution in [-0.4, -0.2) is 45.0 Å². The zero-order valence-electron chi connectivity index (χ0n) is 35.3. The minimum Gasteiger partial charge on any atom is -0.469 e. The molecule has 0 bridgehead atoms. The van der Waals surface area contributed by atoms with Gasteiger partial charge >= 0.3 is 11.9 Å². The highest BCUT2D eigenvalue weighted by atomic mass is 16.5. The van der Waals surface area contributed by atoms with Crippen molar-refractivity contribution >= 4 is 40.4 Å². The lowest BCUT2D eigenvalue weighted by Gasteiger charge is -2.27. The summed E-state index contributed by atoms with van der Waals surface area (Å²) in [7, 11) is 2.90. The number of para-hydroxylation sites is 2. The number of anilines is 2. The summed E-state index contributed by atoms with van der Waals surface area (Å²) in [5.74, 6) is -0.444. The van der Waals surface area contributed by atoms with E-state index in [1.54, 1.807) is 0 Å². The number of hydrogen-bond donors (Lipinski definition) is 0. The second kappa shape index (κ2) is 16.5. The van der Waals surface area contributed by atoms with Crippen LogP contribution in [-0.2, 0) is 29.9 Å². The summed E-state index contributed by atoms with van der Waals surface area (Å²) in [5, 5.41) is 0. The molecule has 7 nitrogen and oxygen atoms in total. The predicted octanol–water partition coefficient (Wildman–Crippen LogP) is 10.7. The van der Waals surface area contributed by atoms with Crippen molar-refractivity contribution in [2.75, 3.05) is 37.1 Å². The number of ether oxygens (including phenoxy) is 2. The van der Waals surface area contributed by atoms with Gasteiger partial charge in [-0.05, 0) is 62.1 Å². The summed E-state index contributed by atoms with van der Waals surface area (Å²) in [4.78, 5) is 29.5. The van der Waals surface area contributed by atoms with Gasteiger partial charge in [0, 0.05) is 82.1 Å². The largest absolute Gasteiger partial charge is 0.469 e. The van der Waals surface area contributed by atoms with Crippen LogP contribution in [0.1, 0.15) is 75.6 Å². The smallest absolute Gasteiger partial charge is 0.307 e. The Morgan fingerprint density at radius 3 is 1.38 bits per heavy atom. The first-order chi connectivity index (χ1) is 27.8. The van der Waals surface area contributed by atoms with Crippen molar-refractivity contribution in [3.8, 4) is 0 Å². The molecule has 0 spiro atoms. The zero-order chi connectivity index (χ0) is 41.2. The fourth-order valence-electron chi connectivity index (χ4n) is 8.92. The van der Waals surface area contributed by atoms with Crippen LogP contribution in [0.4, 0.5) is 22.7 Å². The molecule has 2 aliphatic heterocycles. The van der Waals surface area contributed by atoms with Gasteiger partial charge in [-0.2, -0.15) is 4.58 Å². The molecule has 58 heavy (non-hydrogen) atoms. The molecule has 0 atom stereocenters. The number of allylic oxidation sites excluding steroid dienone is 8. The number of hydrogen-bond acceptors (Lipinski definition) is 6. The number of esters is 2. The lowest BCUT2D eigenvalue weighted by Crippen LogP contribution is -2.28. The summed E-state index contributed by atoms with van der Waals surface area (Å²) in [6, 6.07) is 34.4. The van der Waals surface area contributed by atoms with E-state index in [2.05, 4.69) is 177 Å². The Kier molecular flexibility index (Phi) is 11.4. The Morgan fingerprint density at radius 1 is 0.603 bits per heavy atom. The van der Waals surface area contributed by atoms with Gasteiger partial charge in [-0.3, -0.25) is 9.59 Å². The molecule has 1 aliphatic carbocycles. The first-order valence-electron chi connectivity index (χ1n) is 20.4. The number of methoxy groups -OCH3 is 2. The molecule has 4 aromatic rings. The van der Waals surface area contributed by atoms with Crippen molar-refractivity contribution in [1.29, 1.82) is 0 Å². The van der Waals surface area contributed by atoms with E-state index in [4.69, 9.17) is 9.47 Å². The maximum Gasteiger partial charge on any atom is 0.307 e. The van der Waals surface area contributed by atoms with E-state index in [9.17, 15) is 9.59 Å². The number of carbonyl (C=O) groups is 2. The van der Waals surface area contributed by atoms with Gasteiger partial charge in [-0.15, -0.1) is 0 Å². The number of rotatable bonds is 10. The van der Waals surface area contributed by atoms with E-state index in [-0.39, 0.29) is 22.8 Å². The fraction of sp³-hybridized carbons (Fsp3) is 0.314. The van der Waals surface area contributed by atoms with E-state index in [0.29, 0.717) is 25.9 Å². The highest BCUT2D eigenvalue weighted by Crippen LogP contribution is 2.50. The van der Waals surface area contributed by atoms with Gasteiger partial charge in [0.15, 0.2) is 0 Å². The molecule has 7 rings (SSSR count). The van der Waals surface area contributed by atoms with Crippen molar-refractivity contribution in [1.82, 2.24) is 4.58 Å². The highest BCUT2D eigenvalue weighted by Gasteiger charge is 2.42. The molecule has 0 saturated heterocycles. The second-order valence-electron chi connectivity index (χ2n) is 16.6. The average molecular weight is 775 g/mol. The van der Waals surface area contributed by atoms with Crippen molar-refractivity contribution in [2.24, 2.45) is 0 Å². The highest BCUT2D eigenvalue weighted by molar-refractivity contribution is 6.17. The summed E-state index contributed by atoms with van der Waals surface area (Å²) >= 11 is 0. The van der Waals surface area contributed by atoms with Crippen molar-refractivity contribution in [2.45, 2.75) is 78.1 Å². The molecule has 3 aliphatic rings. The SMILES string of the molecule is COC(=O)CCN1C(=CC=C2CCC(=CC=C3N(CCC(=O)OC)c4ccc(C)cc4C3(C)C)C2=[N+](c2ccccc2)c2ccccc2)C(C)(C)c2cc(C)ccc21. The lowest BCUT2D eigenvalue weighted by molar-refractivity contribution is -0.141. The molecule has 2 heterocycles. The summed E-state index contributed by atoms with van der Waals surface area (Å²) < 4.78 is 12.5. The van der Waals surface area contributed by atoms with Crippen molar-refractivity contribution in [3.05, 3.63) is 166 Å². The zero-order valence-corrected chi connectivity index (χ0v) is 35.3. The normalized spacial score (nSPS) is 19.3. The van der Waals surface area contributed by atoms with Gasteiger partial charge in [-0.1, -0.05) is 112 Å². The van der Waals surface area contributed by atoms with Crippen molar-refractivity contribution < 1.29 is 19.1 Å². The number of carbonyl (C=O) groups excluding carboxylic acids is 2. The molecule has 0 N–H and O–H groups in total. The Hall–Kier alpha value is -5.95. The number of fused-ring (bicyclic) bond motifs is 2. The molecular formula is C51H56N3O4+.